The van der Waals surface area contributed by atoms with Crippen LogP contribution < -0.4 is 4.74 Å². The maximum atomic E-state index is 12.0. The van der Waals surface area contributed by atoms with Gasteiger partial charge < -0.3 is 14.9 Å². The van der Waals surface area contributed by atoms with E-state index >= 15 is 0 Å². The minimum absolute atomic E-state index is 0.231. The second-order valence-corrected chi connectivity index (χ2v) is 7.56. The summed E-state index contributed by atoms with van der Waals surface area (Å²) in [6, 6.07) is 11.6. The van der Waals surface area contributed by atoms with E-state index < -0.39 is 28.1 Å². The molecule has 2 atom stereocenters. The Morgan fingerprint density at radius 3 is 2.41 bits per heavy atom. The lowest BCUT2D eigenvalue weighted by molar-refractivity contribution is 0.0693. The second kappa shape index (κ2) is 7.84. The highest BCUT2D eigenvalue weighted by atomic mass is 32.2. The number of aromatic carboxylic acids is 1. The normalized spacial score (nSPS) is 19.5. The number of carboxylic acids is 1. The van der Waals surface area contributed by atoms with Crippen molar-refractivity contribution in [3.8, 4) is 11.5 Å². The fourth-order valence-corrected chi connectivity index (χ4v) is 4.28. The molecule has 3 rings (SSSR count). The van der Waals surface area contributed by atoms with Gasteiger partial charge in [-0.25, -0.2) is 4.79 Å². The highest BCUT2D eigenvalue weighted by molar-refractivity contribution is 7.73. The van der Waals surface area contributed by atoms with Crippen LogP contribution in [0.4, 0.5) is 0 Å². The molecule has 2 unspecified atom stereocenters. The van der Waals surface area contributed by atoms with Crippen molar-refractivity contribution < 1.29 is 28.2 Å². The van der Waals surface area contributed by atoms with E-state index in [9.17, 15) is 18.3 Å². The summed E-state index contributed by atoms with van der Waals surface area (Å²) in [7, 11) is -2.42. The molecule has 6 nitrogen and oxygen atoms in total. The predicted octanol–water partition coefficient (Wildman–Crippen LogP) is 3.17. The van der Waals surface area contributed by atoms with E-state index in [1.165, 1.54) is 18.2 Å². The van der Waals surface area contributed by atoms with E-state index in [2.05, 4.69) is 0 Å². The lowest BCUT2D eigenvalue weighted by Gasteiger charge is -2.30. The van der Waals surface area contributed by atoms with Gasteiger partial charge in [0.15, 0.2) is 0 Å². The van der Waals surface area contributed by atoms with E-state index in [-0.39, 0.29) is 22.1 Å². The van der Waals surface area contributed by atoms with Crippen LogP contribution in [-0.2, 0) is 10.3 Å². The Balaban J connectivity index is 1.91. The summed E-state index contributed by atoms with van der Waals surface area (Å²) in [6.07, 6.45) is 1.39. The zero-order chi connectivity index (χ0) is 19.6. The molecular formula is C20H20O6S. The first kappa shape index (κ1) is 19.0. The average molecular weight is 388 g/mol. The first-order valence-electron chi connectivity index (χ1n) is 8.62. The number of aromatic hydroxyl groups is 1. The third-order valence-corrected chi connectivity index (χ3v) is 5.70. The van der Waals surface area contributed by atoms with Gasteiger partial charge in [-0.15, -0.1) is 0 Å². The number of hydrogen-bond donors (Lipinski definition) is 2. The van der Waals surface area contributed by atoms with Crippen molar-refractivity contribution in [3.63, 3.8) is 0 Å². The van der Waals surface area contributed by atoms with Crippen molar-refractivity contribution in [2.45, 2.75) is 38.2 Å². The molecule has 0 amide bonds. The maximum Gasteiger partial charge on any atom is 0.339 e. The molecule has 1 aliphatic rings. The highest BCUT2D eigenvalue weighted by Crippen LogP contribution is 2.34. The molecule has 1 fully saturated rings. The number of rotatable bonds is 4. The maximum absolute atomic E-state index is 12.0. The molecule has 1 aliphatic carbocycles. The summed E-state index contributed by atoms with van der Waals surface area (Å²) in [5, 5.41) is 18.8. The molecular weight excluding hydrogens is 368 g/mol. The average Bonchev–Trinajstić information content (AvgIpc) is 2.61. The molecule has 7 heteroatoms. The van der Waals surface area contributed by atoms with E-state index in [0.717, 1.165) is 24.0 Å². The molecule has 0 spiro atoms. The van der Waals surface area contributed by atoms with Crippen LogP contribution in [0.15, 0.2) is 42.5 Å². The van der Waals surface area contributed by atoms with Crippen molar-refractivity contribution in [2.24, 2.45) is 0 Å². The van der Waals surface area contributed by atoms with E-state index in [4.69, 9.17) is 9.84 Å². The summed E-state index contributed by atoms with van der Waals surface area (Å²) in [5.41, 5.74) is 1.79. The lowest BCUT2D eigenvalue weighted by atomic mass is 9.82. The van der Waals surface area contributed by atoms with E-state index in [0.29, 0.717) is 6.42 Å². The van der Waals surface area contributed by atoms with Crippen molar-refractivity contribution in [1.82, 2.24) is 0 Å². The van der Waals surface area contributed by atoms with Crippen LogP contribution in [0.3, 0.4) is 0 Å². The zero-order valence-electron chi connectivity index (χ0n) is 14.8. The fourth-order valence-electron chi connectivity index (χ4n) is 3.42. The minimum Gasteiger partial charge on any atom is -0.507 e. The third-order valence-electron chi connectivity index (χ3n) is 4.77. The van der Waals surface area contributed by atoms with Crippen molar-refractivity contribution in [2.75, 3.05) is 0 Å². The Kier molecular flexibility index (Phi) is 5.51. The van der Waals surface area contributed by atoms with E-state index in [1.807, 2.05) is 31.2 Å². The molecule has 0 saturated heterocycles. The topological polar surface area (TPSA) is 101 Å². The van der Waals surface area contributed by atoms with Crippen LogP contribution in [0.25, 0.3) is 0 Å². The second-order valence-electron chi connectivity index (χ2n) is 6.62. The highest BCUT2D eigenvalue weighted by Gasteiger charge is 2.33. The number of ether oxygens (including phenoxy) is 1. The van der Waals surface area contributed by atoms with Crippen molar-refractivity contribution in [3.05, 3.63) is 59.2 Å². The van der Waals surface area contributed by atoms with Crippen molar-refractivity contribution >= 4 is 21.1 Å². The number of aryl methyl sites for hydroxylation is 1. The van der Waals surface area contributed by atoms with Gasteiger partial charge in [0.05, 0.1) is 4.86 Å². The first-order valence-corrected chi connectivity index (χ1v) is 9.70. The monoisotopic (exact) mass is 388 g/mol. The Morgan fingerprint density at radius 2 is 1.81 bits per heavy atom. The Hall–Kier alpha value is -2.80. The third kappa shape index (κ3) is 4.14. The van der Waals surface area contributed by atoms with Gasteiger partial charge in [-0.2, -0.15) is 8.42 Å². The zero-order valence-corrected chi connectivity index (χ0v) is 15.6. The number of hydrogen-bond acceptors (Lipinski definition) is 5. The number of carbonyl (C=O) groups is 1. The molecule has 2 aromatic rings. The Bertz CT molecular complexity index is 984. The number of phenols is 1. The van der Waals surface area contributed by atoms with Crippen LogP contribution in [0.1, 0.15) is 46.7 Å². The molecule has 1 saturated carbocycles. The fraction of sp³-hybridized carbons (Fsp3) is 0.300. The molecule has 0 heterocycles. The molecule has 0 aromatic heterocycles. The summed E-state index contributed by atoms with van der Waals surface area (Å²) in [5.74, 6) is -1.69. The summed E-state index contributed by atoms with van der Waals surface area (Å²) < 4.78 is 29.8. The SMILES string of the molecule is Cc1ccc(C2CCCC(Oc3ccc(C(=O)O)c(O)c3)C2=S(=O)=O)cc1. The van der Waals surface area contributed by atoms with Crippen LogP contribution in [0, 0.1) is 6.92 Å². The molecule has 0 radical (unpaired) electrons. The molecule has 0 aliphatic heterocycles. The smallest absolute Gasteiger partial charge is 0.339 e. The number of carboxylic acid groups (broad SMARTS) is 1. The van der Waals surface area contributed by atoms with Gasteiger partial charge in [-0.05, 0) is 43.9 Å². The largest absolute Gasteiger partial charge is 0.507 e. The lowest BCUT2D eigenvalue weighted by Crippen LogP contribution is -2.36. The Labute approximate surface area is 158 Å². The first-order chi connectivity index (χ1) is 12.9. The van der Waals surface area contributed by atoms with Gasteiger partial charge in [0.25, 0.3) is 0 Å². The molecule has 2 aromatic carbocycles. The molecule has 27 heavy (non-hydrogen) atoms. The molecule has 142 valence electrons. The standard InChI is InChI=1S/C20H20O6S/c1-12-5-7-13(8-6-12)15-3-2-4-18(19(15)27(24)25)26-14-9-10-16(20(22)23)17(21)11-14/h5-11,15,18,21H,2-4H2,1H3,(H,22,23). The van der Waals surface area contributed by atoms with Crippen LogP contribution in [0.5, 0.6) is 11.5 Å². The van der Waals surface area contributed by atoms with Crippen LogP contribution in [0.2, 0.25) is 0 Å². The summed E-state index contributed by atoms with van der Waals surface area (Å²) in [6.45, 7) is 1.97. The quantitative estimate of drug-likeness (QED) is 0.780. The van der Waals surface area contributed by atoms with Gasteiger partial charge in [0.2, 0.25) is 10.3 Å². The van der Waals surface area contributed by atoms with Gasteiger partial charge in [-0.1, -0.05) is 29.8 Å². The van der Waals surface area contributed by atoms with Gasteiger partial charge >= 0.3 is 5.97 Å². The van der Waals surface area contributed by atoms with Crippen molar-refractivity contribution in [1.29, 1.82) is 0 Å². The predicted molar refractivity (Wildman–Crippen MR) is 101 cm³/mol. The van der Waals surface area contributed by atoms with Gasteiger partial charge in [0, 0.05) is 12.0 Å². The number of benzene rings is 2. The molecule has 0 bridgehead atoms. The Morgan fingerprint density at radius 1 is 1.11 bits per heavy atom. The van der Waals surface area contributed by atoms with Crippen LogP contribution >= 0.6 is 0 Å². The minimum atomic E-state index is -2.42. The molecule has 2 N–H and O–H groups in total. The van der Waals surface area contributed by atoms with Crippen LogP contribution in [-0.4, -0.2) is 35.6 Å². The summed E-state index contributed by atoms with van der Waals surface area (Å²) in [4.78, 5) is 11.3. The van der Waals surface area contributed by atoms with E-state index in [1.54, 1.807) is 0 Å². The van der Waals surface area contributed by atoms with Gasteiger partial charge in [0.1, 0.15) is 23.2 Å². The summed E-state index contributed by atoms with van der Waals surface area (Å²) >= 11 is 0. The van der Waals surface area contributed by atoms with Gasteiger partial charge in [-0.3, -0.25) is 0 Å².